The summed E-state index contributed by atoms with van der Waals surface area (Å²) >= 11 is 0. The summed E-state index contributed by atoms with van der Waals surface area (Å²) in [4.78, 5) is 0.251. The lowest BCUT2D eigenvalue weighted by Crippen LogP contribution is -2.39. The average molecular weight is 339 g/mol. The SMILES string of the molecule is C=CCOCC1CCN(S(=O)(=O)c2cc(C)ccc2OC)CC1. The van der Waals surface area contributed by atoms with Gasteiger partial charge in [0.1, 0.15) is 10.6 Å². The Kier molecular flexibility index (Phi) is 6.21. The molecule has 0 saturated carbocycles. The van der Waals surface area contributed by atoms with E-state index in [1.807, 2.05) is 13.0 Å². The second-order valence-electron chi connectivity index (χ2n) is 5.83. The highest BCUT2D eigenvalue weighted by molar-refractivity contribution is 7.89. The van der Waals surface area contributed by atoms with Crippen LogP contribution in [0.25, 0.3) is 0 Å². The summed E-state index contributed by atoms with van der Waals surface area (Å²) in [7, 11) is -2.03. The Morgan fingerprint density at radius 3 is 2.65 bits per heavy atom. The molecule has 6 heteroatoms. The van der Waals surface area contributed by atoms with Crippen LogP contribution in [0.15, 0.2) is 35.7 Å². The molecule has 1 saturated heterocycles. The molecule has 0 radical (unpaired) electrons. The quantitative estimate of drug-likeness (QED) is 0.566. The van der Waals surface area contributed by atoms with Crippen LogP contribution in [0.2, 0.25) is 0 Å². The first-order valence-corrected chi connectivity index (χ1v) is 9.26. The van der Waals surface area contributed by atoms with Crippen molar-refractivity contribution in [2.75, 3.05) is 33.4 Å². The van der Waals surface area contributed by atoms with Gasteiger partial charge in [-0.05, 0) is 43.4 Å². The zero-order valence-electron chi connectivity index (χ0n) is 13.8. The fraction of sp³-hybridized carbons (Fsp3) is 0.529. The molecule has 0 amide bonds. The molecule has 0 unspecified atom stereocenters. The van der Waals surface area contributed by atoms with Crippen LogP contribution in [-0.2, 0) is 14.8 Å². The van der Waals surface area contributed by atoms with E-state index in [2.05, 4.69) is 6.58 Å². The van der Waals surface area contributed by atoms with E-state index in [1.165, 1.54) is 7.11 Å². The summed E-state index contributed by atoms with van der Waals surface area (Å²) in [5.74, 6) is 0.799. The minimum atomic E-state index is -3.52. The maximum atomic E-state index is 12.9. The molecule has 0 spiro atoms. The van der Waals surface area contributed by atoms with Crippen molar-refractivity contribution in [3.63, 3.8) is 0 Å². The largest absolute Gasteiger partial charge is 0.495 e. The van der Waals surface area contributed by atoms with Crippen LogP contribution in [0.1, 0.15) is 18.4 Å². The van der Waals surface area contributed by atoms with E-state index >= 15 is 0 Å². The van der Waals surface area contributed by atoms with E-state index in [0.717, 1.165) is 18.4 Å². The van der Waals surface area contributed by atoms with Gasteiger partial charge in [0.15, 0.2) is 0 Å². The Morgan fingerprint density at radius 2 is 2.04 bits per heavy atom. The Hall–Kier alpha value is -1.37. The van der Waals surface area contributed by atoms with E-state index in [0.29, 0.717) is 38.0 Å². The smallest absolute Gasteiger partial charge is 0.246 e. The van der Waals surface area contributed by atoms with E-state index in [1.54, 1.807) is 22.5 Å². The number of benzene rings is 1. The van der Waals surface area contributed by atoms with Gasteiger partial charge in [-0.3, -0.25) is 0 Å². The third kappa shape index (κ3) is 4.34. The molecule has 0 N–H and O–H groups in total. The number of hydrogen-bond acceptors (Lipinski definition) is 4. The third-order valence-corrected chi connectivity index (χ3v) is 6.02. The summed E-state index contributed by atoms with van der Waals surface area (Å²) < 4.78 is 38.0. The van der Waals surface area contributed by atoms with Gasteiger partial charge in [-0.1, -0.05) is 12.1 Å². The zero-order valence-corrected chi connectivity index (χ0v) is 14.6. The lowest BCUT2D eigenvalue weighted by molar-refractivity contribution is 0.0982. The number of rotatable bonds is 7. The highest BCUT2D eigenvalue weighted by atomic mass is 32.2. The van der Waals surface area contributed by atoms with Gasteiger partial charge in [-0.2, -0.15) is 4.31 Å². The van der Waals surface area contributed by atoms with Gasteiger partial charge in [0.25, 0.3) is 0 Å². The molecule has 1 aromatic carbocycles. The van der Waals surface area contributed by atoms with Crippen molar-refractivity contribution >= 4 is 10.0 Å². The third-order valence-electron chi connectivity index (χ3n) is 4.10. The van der Waals surface area contributed by atoms with Crippen LogP contribution in [0.5, 0.6) is 5.75 Å². The number of ether oxygens (including phenoxy) is 2. The zero-order chi connectivity index (χ0) is 16.9. The molecular formula is C17H25NO4S. The fourth-order valence-electron chi connectivity index (χ4n) is 2.76. The fourth-order valence-corrected chi connectivity index (χ4v) is 4.47. The van der Waals surface area contributed by atoms with Crippen LogP contribution < -0.4 is 4.74 Å². The number of piperidine rings is 1. The van der Waals surface area contributed by atoms with E-state index in [4.69, 9.17) is 9.47 Å². The van der Waals surface area contributed by atoms with Gasteiger partial charge >= 0.3 is 0 Å². The molecule has 23 heavy (non-hydrogen) atoms. The molecular weight excluding hydrogens is 314 g/mol. The monoisotopic (exact) mass is 339 g/mol. The Morgan fingerprint density at radius 1 is 1.35 bits per heavy atom. The first-order chi connectivity index (χ1) is 11.0. The van der Waals surface area contributed by atoms with Gasteiger partial charge in [0.2, 0.25) is 10.0 Å². The van der Waals surface area contributed by atoms with Crippen molar-refractivity contribution in [2.45, 2.75) is 24.7 Å². The minimum Gasteiger partial charge on any atom is -0.495 e. The molecule has 0 bridgehead atoms. The van der Waals surface area contributed by atoms with Gasteiger partial charge < -0.3 is 9.47 Å². The van der Waals surface area contributed by atoms with Gasteiger partial charge in [0, 0.05) is 19.7 Å². The number of sulfonamides is 1. The lowest BCUT2D eigenvalue weighted by Gasteiger charge is -2.31. The summed E-state index contributed by atoms with van der Waals surface area (Å²) in [5, 5.41) is 0. The van der Waals surface area contributed by atoms with E-state index in [-0.39, 0.29) is 4.90 Å². The molecule has 1 heterocycles. The normalized spacial score (nSPS) is 17.1. The molecule has 2 rings (SSSR count). The maximum Gasteiger partial charge on any atom is 0.246 e. The van der Waals surface area contributed by atoms with Gasteiger partial charge in [-0.15, -0.1) is 6.58 Å². The first kappa shape index (κ1) is 18.0. The molecule has 1 aliphatic rings. The topological polar surface area (TPSA) is 55.8 Å². The summed E-state index contributed by atoms with van der Waals surface area (Å²) in [5.41, 5.74) is 0.900. The van der Waals surface area contributed by atoms with Crippen LogP contribution in [-0.4, -0.2) is 46.1 Å². The second kappa shape index (κ2) is 7.95. The van der Waals surface area contributed by atoms with Crippen molar-refractivity contribution in [2.24, 2.45) is 5.92 Å². The van der Waals surface area contributed by atoms with Crippen LogP contribution in [0.3, 0.4) is 0 Å². The lowest BCUT2D eigenvalue weighted by atomic mass is 9.99. The number of methoxy groups -OCH3 is 1. The van der Waals surface area contributed by atoms with Crippen molar-refractivity contribution in [1.29, 1.82) is 0 Å². The molecule has 0 aliphatic carbocycles. The predicted octanol–water partition coefficient (Wildman–Crippen LogP) is 2.61. The van der Waals surface area contributed by atoms with Crippen molar-refractivity contribution in [1.82, 2.24) is 4.31 Å². The Bertz CT molecular complexity index is 634. The second-order valence-corrected chi connectivity index (χ2v) is 7.73. The minimum absolute atomic E-state index is 0.251. The number of aryl methyl sites for hydroxylation is 1. The van der Waals surface area contributed by atoms with Crippen LogP contribution in [0, 0.1) is 12.8 Å². The molecule has 1 aromatic rings. The highest BCUT2D eigenvalue weighted by Crippen LogP contribution is 2.30. The Labute approximate surface area is 138 Å². The van der Waals surface area contributed by atoms with Crippen molar-refractivity contribution in [3.8, 4) is 5.75 Å². The standard InChI is InChI=1S/C17H25NO4S/c1-4-11-22-13-15-7-9-18(10-8-15)23(19,20)17-12-14(2)5-6-16(17)21-3/h4-6,12,15H,1,7-11,13H2,2-3H3. The highest BCUT2D eigenvalue weighted by Gasteiger charge is 2.31. The number of nitrogens with zero attached hydrogens (tertiary/aromatic N) is 1. The van der Waals surface area contributed by atoms with E-state index in [9.17, 15) is 8.42 Å². The van der Waals surface area contributed by atoms with Crippen molar-refractivity contribution < 1.29 is 17.9 Å². The van der Waals surface area contributed by atoms with Gasteiger partial charge in [0.05, 0.1) is 13.7 Å². The molecule has 0 aromatic heterocycles. The average Bonchev–Trinajstić information content (AvgIpc) is 2.55. The van der Waals surface area contributed by atoms with Crippen LogP contribution in [0.4, 0.5) is 0 Å². The Balaban J connectivity index is 2.07. The molecule has 1 fully saturated rings. The molecule has 0 atom stereocenters. The summed E-state index contributed by atoms with van der Waals surface area (Å²) in [6.07, 6.45) is 3.35. The molecule has 5 nitrogen and oxygen atoms in total. The summed E-state index contributed by atoms with van der Waals surface area (Å²) in [6.45, 7) is 7.73. The number of hydrogen-bond donors (Lipinski definition) is 0. The summed E-state index contributed by atoms with van der Waals surface area (Å²) in [6, 6.07) is 5.23. The van der Waals surface area contributed by atoms with Crippen LogP contribution >= 0.6 is 0 Å². The maximum absolute atomic E-state index is 12.9. The van der Waals surface area contributed by atoms with Crippen molar-refractivity contribution in [3.05, 3.63) is 36.4 Å². The molecule has 128 valence electrons. The first-order valence-electron chi connectivity index (χ1n) is 7.82. The van der Waals surface area contributed by atoms with E-state index < -0.39 is 10.0 Å². The molecule has 1 aliphatic heterocycles. The predicted molar refractivity (Wildman–Crippen MR) is 90.2 cm³/mol. The van der Waals surface area contributed by atoms with Gasteiger partial charge in [-0.25, -0.2) is 8.42 Å².